The maximum Gasteiger partial charge on any atom is 0.134 e. The third kappa shape index (κ3) is 3.34. The minimum absolute atomic E-state index is 0.205. The molecule has 0 fully saturated rings. The normalized spacial score (nSPS) is 14.2. The van der Waals surface area contributed by atoms with E-state index >= 15 is 0 Å². The fraction of sp³-hybridized carbons (Fsp3) is 0.263. The molecule has 108 valence electrons. The van der Waals surface area contributed by atoms with Gasteiger partial charge in [-0.25, -0.2) is 0 Å². The standard InChI is InChI=1S/C19H21NO/c1-14(12-16-8-4-3-5-9-16)20-15(2)19-13-17-10-6-7-11-18(17)21-19/h3-11,13-15,20H,12H2,1-2H3. The van der Waals surface area contributed by atoms with Gasteiger partial charge in [0.1, 0.15) is 11.3 Å². The fourth-order valence-corrected chi connectivity index (χ4v) is 2.75. The van der Waals surface area contributed by atoms with Crippen molar-refractivity contribution in [1.82, 2.24) is 5.32 Å². The monoisotopic (exact) mass is 279 g/mol. The molecule has 1 N–H and O–H groups in total. The van der Waals surface area contributed by atoms with Crippen molar-refractivity contribution < 1.29 is 4.42 Å². The maximum atomic E-state index is 5.92. The van der Waals surface area contributed by atoms with Crippen LogP contribution >= 0.6 is 0 Å². The van der Waals surface area contributed by atoms with Crippen LogP contribution in [0.5, 0.6) is 0 Å². The average molecular weight is 279 g/mol. The first kappa shape index (κ1) is 13.9. The molecular formula is C19H21NO. The second kappa shape index (κ2) is 6.15. The Hall–Kier alpha value is -2.06. The predicted octanol–water partition coefficient (Wildman–Crippen LogP) is 4.71. The van der Waals surface area contributed by atoms with Crippen LogP contribution in [0, 0.1) is 0 Å². The maximum absolute atomic E-state index is 5.92. The van der Waals surface area contributed by atoms with Gasteiger partial charge >= 0.3 is 0 Å². The summed E-state index contributed by atoms with van der Waals surface area (Å²) >= 11 is 0. The second-order valence-corrected chi connectivity index (χ2v) is 5.67. The van der Waals surface area contributed by atoms with Gasteiger partial charge in [-0.1, -0.05) is 48.5 Å². The predicted molar refractivity (Wildman–Crippen MR) is 87.4 cm³/mol. The first-order chi connectivity index (χ1) is 10.2. The van der Waals surface area contributed by atoms with E-state index in [4.69, 9.17) is 4.42 Å². The Morgan fingerprint density at radius 1 is 0.952 bits per heavy atom. The van der Waals surface area contributed by atoms with Crippen molar-refractivity contribution in [2.24, 2.45) is 0 Å². The van der Waals surface area contributed by atoms with E-state index in [1.54, 1.807) is 0 Å². The van der Waals surface area contributed by atoms with E-state index in [-0.39, 0.29) is 6.04 Å². The summed E-state index contributed by atoms with van der Waals surface area (Å²) in [6, 6.07) is 21.4. The van der Waals surface area contributed by atoms with Gasteiger partial charge in [-0.05, 0) is 38.0 Å². The van der Waals surface area contributed by atoms with Crippen LogP contribution in [-0.2, 0) is 6.42 Å². The number of furan rings is 1. The smallest absolute Gasteiger partial charge is 0.134 e. The van der Waals surface area contributed by atoms with Crippen LogP contribution in [0.2, 0.25) is 0 Å². The lowest BCUT2D eigenvalue weighted by Crippen LogP contribution is -2.30. The molecule has 3 rings (SSSR count). The zero-order chi connectivity index (χ0) is 14.7. The number of fused-ring (bicyclic) bond motifs is 1. The summed E-state index contributed by atoms with van der Waals surface area (Å²) in [6.07, 6.45) is 1.02. The quantitative estimate of drug-likeness (QED) is 0.731. The molecule has 2 nitrogen and oxygen atoms in total. The van der Waals surface area contributed by atoms with E-state index in [1.807, 2.05) is 18.2 Å². The molecule has 0 spiro atoms. The van der Waals surface area contributed by atoms with Crippen LogP contribution in [0.3, 0.4) is 0 Å². The molecule has 0 bridgehead atoms. The van der Waals surface area contributed by atoms with Crippen molar-refractivity contribution in [2.45, 2.75) is 32.4 Å². The van der Waals surface area contributed by atoms with Crippen molar-refractivity contribution in [3.05, 3.63) is 72.0 Å². The molecular weight excluding hydrogens is 258 g/mol. The lowest BCUT2D eigenvalue weighted by atomic mass is 10.1. The van der Waals surface area contributed by atoms with Gasteiger partial charge in [-0.3, -0.25) is 0 Å². The lowest BCUT2D eigenvalue weighted by molar-refractivity contribution is 0.410. The topological polar surface area (TPSA) is 25.2 Å². The lowest BCUT2D eigenvalue weighted by Gasteiger charge is -2.18. The van der Waals surface area contributed by atoms with Crippen LogP contribution in [0.25, 0.3) is 11.0 Å². The first-order valence-corrected chi connectivity index (χ1v) is 7.51. The molecule has 0 aliphatic carbocycles. The highest BCUT2D eigenvalue weighted by Crippen LogP contribution is 2.24. The molecule has 0 saturated heterocycles. The largest absolute Gasteiger partial charge is 0.459 e. The van der Waals surface area contributed by atoms with Crippen LogP contribution in [-0.4, -0.2) is 6.04 Å². The zero-order valence-electron chi connectivity index (χ0n) is 12.5. The molecule has 3 aromatic rings. The number of rotatable bonds is 5. The van der Waals surface area contributed by atoms with Gasteiger partial charge in [0.25, 0.3) is 0 Å². The summed E-state index contributed by atoms with van der Waals surface area (Å²) in [6.45, 7) is 4.37. The molecule has 2 aromatic carbocycles. The average Bonchev–Trinajstić information content (AvgIpc) is 2.92. The number of para-hydroxylation sites is 1. The van der Waals surface area contributed by atoms with Crippen molar-refractivity contribution in [3.8, 4) is 0 Å². The summed E-state index contributed by atoms with van der Waals surface area (Å²) in [7, 11) is 0. The van der Waals surface area contributed by atoms with Gasteiger partial charge in [0.05, 0.1) is 6.04 Å². The van der Waals surface area contributed by atoms with Crippen molar-refractivity contribution in [1.29, 1.82) is 0 Å². The van der Waals surface area contributed by atoms with Crippen molar-refractivity contribution in [2.75, 3.05) is 0 Å². The Morgan fingerprint density at radius 2 is 1.67 bits per heavy atom. The molecule has 21 heavy (non-hydrogen) atoms. The highest BCUT2D eigenvalue weighted by Gasteiger charge is 2.14. The molecule has 2 heteroatoms. The molecule has 1 heterocycles. The molecule has 2 atom stereocenters. The van der Waals surface area contributed by atoms with Gasteiger partial charge in [0.2, 0.25) is 0 Å². The van der Waals surface area contributed by atoms with E-state index < -0.39 is 0 Å². The molecule has 2 unspecified atom stereocenters. The van der Waals surface area contributed by atoms with Gasteiger partial charge in [0.15, 0.2) is 0 Å². The van der Waals surface area contributed by atoms with E-state index in [1.165, 1.54) is 5.56 Å². The second-order valence-electron chi connectivity index (χ2n) is 5.67. The molecule has 0 amide bonds. The van der Waals surface area contributed by atoms with Crippen molar-refractivity contribution >= 4 is 11.0 Å². The van der Waals surface area contributed by atoms with Gasteiger partial charge in [-0.2, -0.15) is 0 Å². The van der Waals surface area contributed by atoms with Gasteiger partial charge in [-0.15, -0.1) is 0 Å². The minimum Gasteiger partial charge on any atom is -0.459 e. The fourth-order valence-electron chi connectivity index (χ4n) is 2.75. The molecule has 0 aliphatic heterocycles. The van der Waals surface area contributed by atoms with Gasteiger partial charge in [0, 0.05) is 11.4 Å². The highest BCUT2D eigenvalue weighted by molar-refractivity contribution is 5.77. The molecule has 0 radical (unpaired) electrons. The Morgan fingerprint density at radius 3 is 2.43 bits per heavy atom. The number of benzene rings is 2. The Kier molecular flexibility index (Phi) is 4.07. The summed E-state index contributed by atoms with van der Waals surface area (Å²) in [5.74, 6) is 0.996. The molecule has 0 saturated carbocycles. The van der Waals surface area contributed by atoms with E-state index in [0.717, 1.165) is 23.2 Å². The Balaban J connectivity index is 1.66. The minimum atomic E-state index is 0.205. The molecule has 1 aromatic heterocycles. The van der Waals surface area contributed by atoms with Crippen LogP contribution < -0.4 is 5.32 Å². The summed E-state index contributed by atoms with van der Waals surface area (Å²) in [5, 5.41) is 4.78. The van der Waals surface area contributed by atoms with E-state index in [0.29, 0.717) is 6.04 Å². The van der Waals surface area contributed by atoms with E-state index in [2.05, 4.69) is 61.6 Å². The van der Waals surface area contributed by atoms with Crippen molar-refractivity contribution in [3.63, 3.8) is 0 Å². The third-order valence-electron chi connectivity index (χ3n) is 3.79. The Labute approximate surface area is 125 Å². The van der Waals surface area contributed by atoms with E-state index in [9.17, 15) is 0 Å². The highest BCUT2D eigenvalue weighted by atomic mass is 16.3. The number of nitrogens with one attached hydrogen (secondary N) is 1. The SMILES string of the molecule is CC(Cc1ccccc1)NC(C)c1cc2ccccc2o1. The third-order valence-corrected chi connectivity index (χ3v) is 3.79. The summed E-state index contributed by atoms with van der Waals surface area (Å²) < 4.78 is 5.92. The van der Waals surface area contributed by atoms with Crippen LogP contribution in [0.4, 0.5) is 0 Å². The van der Waals surface area contributed by atoms with Crippen LogP contribution in [0.1, 0.15) is 31.2 Å². The van der Waals surface area contributed by atoms with Crippen LogP contribution in [0.15, 0.2) is 65.1 Å². The number of hydrogen-bond acceptors (Lipinski definition) is 2. The summed E-state index contributed by atoms with van der Waals surface area (Å²) in [5.41, 5.74) is 2.31. The Bertz CT molecular complexity index is 669. The number of hydrogen-bond donors (Lipinski definition) is 1. The zero-order valence-corrected chi connectivity index (χ0v) is 12.5. The van der Waals surface area contributed by atoms with Gasteiger partial charge < -0.3 is 9.73 Å². The summed E-state index contributed by atoms with van der Waals surface area (Å²) in [4.78, 5) is 0. The molecule has 0 aliphatic rings. The first-order valence-electron chi connectivity index (χ1n) is 7.51.